The third-order valence-corrected chi connectivity index (χ3v) is 1.27. The Morgan fingerprint density at radius 3 is 2.45 bits per heavy atom. The summed E-state index contributed by atoms with van der Waals surface area (Å²) in [4.78, 5) is 20.5. The summed E-state index contributed by atoms with van der Waals surface area (Å²) in [6, 6.07) is 5.93. The standard InChI is InChI=1S/C8H5O3/c9-5-6-3-1-2-4-7(6)8(10)11/h1-4H,(H,10,11). The van der Waals surface area contributed by atoms with Gasteiger partial charge < -0.3 is 5.11 Å². The molecule has 0 aromatic heterocycles. The molecule has 0 spiro atoms. The second-order valence-corrected chi connectivity index (χ2v) is 1.95. The van der Waals surface area contributed by atoms with Crippen LogP contribution in [-0.4, -0.2) is 17.4 Å². The maximum absolute atomic E-state index is 10.4. The first kappa shape index (κ1) is 7.47. The van der Waals surface area contributed by atoms with Gasteiger partial charge in [-0.25, -0.2) is 4.79 Å². The maximum atomic E-state index is 10.4. The lowest BCUT2D eigenvalue weighted by Crippen LogP contribution is -2.00. The minimum Gasteiger partial charge on any atom is -0.478 e. The van der Waals surface area contributed by atoms with E-state index >= 15 is 0 Å². The summed E-state index contributed by atoms with van der Waals surface area (Å²) >= 11 is 0. The number of hydrogen-bond donors (Lipinski definition) is 1. The third-order valence-electron chi connectivity index (χ3n) is 1.27. The summed E-state index contributed by atoms with van der Waals surface area (Å²) in [6.45, 7) is 0. The van der Waals surface area contributed by atoms with E-state index in [-0.39, 0.29) is 11.1 Å². The van der Waals surface area contributed by atoms with E-state index in [9.17, 15) is 9.59 Å². The number of benzene rings is 1. The average molecular weight is 149 g/mol. The Kier molecular flexibility index (Phi) is 2.01. The summed E-state index contributed by atoms with van der Waals surface area (Å²) in [5.41, 5.74) is 0.0718. The van der Waals surface area contributed by atoms with Gasteiger partial charge in [0.1, 0.15) is 0 Å². The molecule has 1 aromatic carbocycles. The molecule has 1 radical (unpaired) electrons. The number of carboxylic acid groups (broad SMARTS) is 1. The Labute approximate surface area is 63.3 Å². The molecule has 0 fully saturated rings. The molecule has 1 N–H and O–H groups in total. The number of hydrogen-bond acceptors (Lipinski definition) is 2. The zero-order valence-electron chi connectivity index (χ0n) is 5.57. The van der Waals surface area contributed by atoms with Gasteiger partial charge >= 0.3 is 5.97 Å². The fourth-order valence-electron chi connectivity index (χ4n) is 0.759. The van der Waals surface area contributed by atoms with Gasteiger partial charge in [0.2, 0.25) is 6.29 Å². The van der Waals surface area contributed by atoms with Crippen molar-refractivity contribution in [3.05, 3.63) is 35.4 Å². The molecule has 0 saturated carbocycles. The summed E-state index contributed by atoms with van der Waals surface area (Å²) in [7, 11) is 0. The van der Waals surface area contributed by atoms with Crippen molar-refractivity contribution in [1.29, 1.82) is 0 Å². The van der Waals surface area contributed by atoms with E-state index in [0.29, 0.717) is 0 Å². The Morgan fingerprint density at radius 2 is 2.00 bits per heavy atom. The number of aromatic carboxylic acids is 1. The molecule has 1 aromatic rings. The third kappa shape index (κ3) is 1.43. The van der Waals surface area contributed by atoms with Crippen LogP contribution in [0.2, 0.25) is 0 Å². The lowest BCUT2D eigenvalue weighted by molar-refractivity contribution is 0.0696. The van der Waals surface area contributed by atoms with Gasteiger partial charge in [0.05, 0.1) is 5.56 Å². The van der Waals surface area contributed by atoms with Crippen molar-refractivity contribution in [2.45, 2.75) is 0 Å². The SMILES string of the molecule is O=[C]c1ccccc1C(=O)O. The Morgan fingerprint density at radius 1 is 1.36 bits per heavy atom. The Balaban J connectivity index is 3.22. The van der Waals surface area contributed by atoms with Crippen LogP contribution in [0, 0.1) is 0 Å². The minimum atomic E-state index is -1.11. The zero-order chi connectivity index (χ0) is 8.27. The first-order valence-electron chi connectivity index (χ1n) is 2.96. The van der Waals surface area contributed by atoms with Crippen LogP contribution in [0.15, 0.2) is 24.3 Å². The highest BCUT2D eigenvalue weighted by Gasteiger charge is 2.07. The van der Waals surface area contributed by atoms with Crippen molar-refractivity contribution in [2.24, 2.45) is 0 Å². The van der Waals surface area contributed by atoms with Crippen molar-refractivity contribution >= 4 is 12.3 Å². The van der Waals surface area contributed by atoms with Gasteiger partial charge in [-0.15, -0.1) is 0 Å². The van der Waals surface area contributed by atoms with Crippen LogP contribution in [0.3, 0.4) is 0 Å². The molecule has 0 aliphatic rings. The Bertz CT molecular complexity index is 291. The lowest BCUT2D eigenvalue weighted by Gasteiger charge is -1.94. The second kappa shape index (κ2) is 2.96. The van der Waals surface area contributed by atoms with Crippen molar-refractivity contribution in [3.63, 3.8) is 0 Å². The van der Waals surface area contributed by atoms with Crippen LogP contribution in [0.25, 0.3) is 0 Å². The monoisotopic (exact) mass is 149 g/mol. The van der Waals surface area contributed by atoms with Crippen LogP contribution in [0.5, 0.6) is 0 Å². The summed E-state index contributed by atoms with van der Waals surface area (Å²) in [6.07, 6.45) is 1.55. The molecular formula is C8H5O3. The van der Waals surface area contributed by atoms with E-state index in [2.05, 4.69) is 0 Å². The molecule has 55 valence electrons. The Hall–Kier alpha value is -1.64. The number of carbonyl (C=O) groups excluding carboxylic acids is 1. The van der Waals surface area contributed by atoms with Crippen LogP contribution < -0.4 is 0 Å². The van der Waals surface area contributed by atoms with Gasteiger partial charge in [-0.05, 0) is 6.07 Å². The van der Waals surface area contributed by atoms with E-state index in [0.717, 1.165) is 0 Å². The summed E-state index contributed by atoms with van der Waals surface area (Å²) in [5.74, 6) is -1.11. The van der Waals surface area contributed by atoms with E-state index in [4.69, 9.17) is 5.11 Å². The van der Waals surface area contributed by atoms with Gasteiger partial charge in [0, 0.05) is 5.56 Å². The summed E-state index contributed by atoms with van der Waals surface area (Å²) in [5, 5.41) is 8.52. The molecule has 0 aliphatic heterocycles. The maximum Gasteiger partial charge on any atom is 0.336 e. The molecule has 11 heavy (non-hydrogen) atoms. The second-order valence-electron chi connectivity index (χ2n) is 1.95. The van der Waals surface area contributed by atoms with Crippen molar-refractivity contribution in [2.75, 3.05) is 0 Å². The van der Waals surface area contributed by atoms with Gasteiger partial charge in [-0.1, -0.05) is 18.2 Å². The normalized spacial score (nSPS) is 9.09. The predicted molar refractivity (Wildman–Crippen MR) is 38.2 cm³/mol. The largest absolute Gasteiger partial charge is 0.478 e. The first-order valence-corrected chi connectivity index (χ1v) is 2.96. The van der Waals surface area contributed by atoms with Crippen molar-refractivity contribution in [3.8, 4) is 0 Å². The van der Waals surface area contributed by atoms with Gasteiger partial charge in [-0.3, -0.25) is 4.79 Å². The molecule has 0 saturated heterocycles. The molecular weight excluding hydrogens is 144 g/mol. The number of rotatable bonds is 2. The fourth-order valence-corrected chi connectivity index (χ4v) is 0.759. The lowest BCUT2D eigenvalue weighted by atomic mass is 10.1. The van der Waals surface area contributed by atoms with Crippen LogP contribution in [0.4, 0.5) is 0 Å². The zero-order valence-corrected chi connectivity index (χ0v) is 5.57. The summed E-state index contributed by atoms with van der Waals surface area (Å²) < 4.78 is 0. The highest BCUT2D eigenvalue weighted by atomic mass is 16.4. The average Bonchev–Trinajstić information content (AvgIpc) is 2.04. The van der Waals surface area contributed by atoms with Gasteiger partial charge in [0.15, 0.2) is 0 Å². The first-order chi connectivity index (χ1) is 5.25. The molecule has 1 rings (SSSR count). The van der Waals surface area contributed by atoms with Crippen LogP contribution in [-0.2, 0) is 4.79 Å². The van der Waals surface area contributed by atoms with E-state index < -0.39 is 5.97 Å². The van der Waals surface area contributed by atoms with Gasteiger partial charge in [-0.2, -0.15) is 0 Å². The molecule has 0 heterocycles. The van der Waals surface area contributed by atoms with E-state index in [1.165, 1.54) is 12.1 Å². The molecule has 0 aliphatic carbocycles. The topological polar surface area (TPSA) is 54.4 Å². The molecule has 3 nitrogen and oxygen atoms in total. The van der Waals surface area contributed by atoms with Crippen molar-refractivity contribution in [1.82, 2.24) is 0 Å². The molecule has 0 atom stereocenters. The fraction of sp³-hybridized carbons (Fsp3) is 0. The van der Waals surface area contributed by atoms with Crippen LogP contribution in [0.1, 0.15) is 15.9 Å². The molecule has 0 unspecified atom stereocenters. The van der Waals surface area contributed by atoms with E-state index in [1.54, 1.807) is 18.4 Å². The van der Waals surface area contributed by atoms with E-state index in [1.807, 2.05) is 0 Å². The molecule has 0 amide bonds. The number of carboxylic acids is 1. The smallest absolute Gasteiger partial charge is 0.336 e. The predicted octanol–water partition coefficient (Wildman–Crippen LogP) is 0.843. The molecule has 3 heteroatoms. The number of carbonyl (C=O) groups is 1. The molecule has 0 bridgehead atoms. The quantitative estimate of drug-likeness (QED) is 0.677. The van der Waals surface area contributed by atoms with Crippen LogP contribution >= 0.6 is 0 Å². The van der Waals surface area contributed by atoms with Crippen molar-refractivity contribution < 1.29 is 14.7 Å². The van der Waals surface area contributed by atoms with Gasteiger partial charge in [0.25, 0.3) is 0 Å². The highest BCUT2D eigenvalue weighted by Crippen LogP contribution is 2.04. The highest BCUT2D eigenvalue weighted by molar-refractivity contribution is 5.97. The minimum absolute atomic E-state index is 0.0116.